The molecule has 3 unspecified atom stereocenters. The molecule has 0 spiro atoms. The van der Waals surface area contributed by atoms with Crippen LogP contribution >= 0.6 is 11.8 Å². The van der Waals surface area contributed by atoms with Crippen LogP contribution in [0.2, 0.25) is 0 Å². The predicted octanol–water partition coefficient (Wildman–Crippen LogP) is 2.66. The van der Waals surface area contributed by atoms with Crippen LogP contribution in [0.5, 0.6) is 0 Å². The normalized spacial score (nSPS) is 36.5. The van der Waals surface area contributed by atoms with E-state index in [1.165, 1.54) is 31.4 Å². The van der Waals surface area contributed by atoms with Crippen molar-refractivity contribution in [2.45, 2.75) is 56.9 Å². The molecule has 2 rings (SSSR count). The van der Waals surface area contributed by atoms with Gasteiger partial charge >= 0.3 is 0 Å². The lowest BCUT2D eigenvalue weighted by atomic mass is 10.1. The van der Waals surface area contributed by atoms with Gasteiger partial charge in [-0.2, -0.15) is 11.8 Å². The van der Waals surface area contributed by atoms with Gasteiger partial charge in [-0.05, 0) is 31.4 Å². The summed E-state index contributed by atoms with van der Waals surface area (Å²) in [5.41, 5.74) is 0. The SMILES string of the molecule is CC(CC1CC1)NC1CCSC1C. The van der Waals surface area contributed by atoms with Gasteiger partial charge < -0.3 is 5.32 Å². The first-order valence-corrected chi connectivity index (χ1v) is 6.68. The van der Waals surface area contributed by atoms with E-state index in [0.717, 1.165) is 23.3 Å². The first kappa shape index (κ1) is 9.85. The molecule has 1 saturated carbocycles. The summed E-state index contributed by atoms with van der Waals surface area (Å²) < 4.78 is 0. The van der Waals surface area contributed by atoms with Crippen molar-refractivity contribution in [3.05, 3.63) is 0 Å². The average molecular weight is 199 g/mol. The van der Waals surface area contributed by atoms with Gasteiger partial charge in [-0.25, -0.2) is 0 Å². The van der Waals surface area contributed by atoms with Crippen LogP contribution in [-0.2, 0) is 0 Å². The van der Waals surface area contributed by atoms with Crippen molar-refractivity contribution in [1.82, 2.24) is 5.32 Å². The van der Waals surface area contributed by atoms with Gasteiger partial charge in [-0.1, -0.05) is 19.8 Å². The molecule has 2 fully saturated rings. The van der Waals surface area contributed by atoms with Crippen molar-refractivity contribution in [2.24, 2.45) is 5.92 Å². The molecule has 0 aromatic carbocycles. The summed E-state index contributed by atoms with van der Waals surface area (Å²) in [6.07, 6.45) is 5.76. The van der Waals surface area contributed by atoms with Gasteiger partial charge in [0.25, 0.3) is 0 Å². The number of nitrogens with one attached hydrogen (secondary N) is 1. The minimum Gasteiger partial charge on any atom is -0.310 e. The quantitative estimate of drug-likeness (QED) is 0.747. The molecular weight excluding hydrogens is 178 g/mol. The van der Waals surface area contributed by atoms with Crippen LogP contribution in [-0.4, -0.2) is 23.1 Å². The van der Waals surface area contributed by atoms with Crippen LogP contribution in [0.15, 0.2) is 0 Å². The molecule has 0 aromatic rings. The average Bonchev–Trinajstić information content (AvgIpc) is 2.79. The predicted molar refractivity (Wildman–Crippen MR) is 60.3 cm³/mol. The van der Waals surface area contributed by atoms with Crippen molar-refractivity contribution in [2.75, 3.05) is 5.75 Å². The second kappa shape index (κ2) is 4.22. The van der Waals surface area contributed by atoms with Crippen molar-refractivity contribution < 1.29 is 0 Å². The minimum atomic E-state index is 0.749. The first-order chi connectivity index (χ1) is 6.25. The second-order valence-electron chi connectivity index (χ2n) is 4.72. The van der Waals surface area contributed by atoms with Crippen LogP contribution in [0, 0.1) is 5.92 Å². The molecule has 3 atom stereocenters. The van der Waals surface area contributed by atoms with E-state index in [1.54, 1.807) is 0 Å². The maximum Gasteiger partial charge on any atom is 0.0194 e. The van der Waals surface area contributed by atoms with Crippen molar-refractivity contribution in [3.8, 4) is 0 Å². The zero-order chi connectivity index (χ0) is 9.26. The Labute approximate surface area is 86.0 Å². The summed E-state index contributed by atoms with van der Waals surface area (Å²) in [5, 5.41) is 4.61. The van der Waals surface area contributed by atoms with Crippen molar-refractivity contribution >= 4 is 11.8 Å². The molecule has 1 heterocycles. The highest BCUT2D eigenvalue weighted by Crippen LogP contribution is 2.34. The lowest BCUT2D eigenvalue weighted by Crippen LogP contribution is -2.39. The van der Waals surface area contributed by atoms with Crippen LogP contribution in [0.1, 0.15) is 39.5 Å². The first-order valence-electron chi connectivity index (χ1n) is 5.63. The van der Waals surface area contributed by atoms with E-state index in [0.29, 0.717) is 0 Å². The Balaban J connectivity index is 1.69. The van der Waals surface area contributed by atoms with Crippen LogP contribution in [0.3, 0.4) is 0 Å². The molecule has 1 saturated heterocycles. The van der Waals surface area contributed by atoms with E-state index in [-0.39, 0.29) is 0 Å². The Bertz CT molecular complexity index is 167. The van der Waals surface area contributed by atoms with Gasteiger partial charge in [0.2, 0.25) is 0 Å². The Hall–Kier alpha value is 0.310. The van der Waals surface area contributed by atoms with Crippen LogP contribution in [0.25, 0.3) is 0 Å². The number of hydrogen-bond acceptors (Lipinski definition) is 2. The van der Waals surface area contributed by atoms with Gasteiger partial charge in [-0.3, -0.25) is 0 Å². The number of rotatable bonds is 4. The summed E-state index contributed by atoms with van der Waals surface area (Å²) in [7, 11) is 0. The molecule has 2 heteroatoms. The molecule has 76 valence electrons. The van der Waals surface area contributed by atoms with E-state index in [2.05, 4.69) is 30.9 Å². The number of thioether (sulfide) groups is 1. The largest absolute Gasteiger partial charge is 0.310 e. The fourth-order valence-corrected chi connectivity index (χ4v) is 3.45. The van der Waals surface area contributed by atoms with Gasteiger partial charge in [-0.15, -0.1) is 0 Å². The Morgan fingerprint density at radius 3 is 2.69 bits per heavy atom. The zero-order valence-corrected chi connectivity index (χ0v) is 9.57. The third-order valence-corrected chi connectivity index (χ3v) is 4.58. The van der Waals surface area contributed by atoms with Gasteiger partial charge in [0.15, 0.2) is 0 Å². The maximum atomic E-state index is 3.78. The zero-order valence-electron chi connectivity index (χ0n) is 8.75. The van der Waals surface area contributed by atoms with Gasteiger partial charge in [0, 0.05) is 17.3 Å². The molecule has 1 aliphatic heterocycles. The summed E-state index contributed by atoms with van der Waals surface area (Å²) in [5.74, 6) is 2.42. The maximum absolute atomic E-state index is 3.78. The summed E-state index contributed by atoms with van der Waals surface area (Å²) in [6.45, 7) is 4.72. The Morgan fingerprint density at radius 1 is 1.38 bits per heavy atom. The fourth-order valence-electron chi connectivity index (χ4n) is 2.24. The number of hydrogen-bond donors (Lipinski definition) is 1. The smallest absolute Gasteiger partial charge is 0.0194 e. The topological polar surface area (TPSA) is 12.0 Å². The minimum absolute atomic E-state index is 0.749. The van der Waals surface area contributed by atoms with E-state index in [9.17, 15) is 0 Å². The molecule has 0 amide bonds. The molecule has 1 aliphatic carbocycles. The third-order valence-electron chi connectivity index (χ3n) is 3.26. The van der Waals surface area contributed by atoms with Crippen LogP contribution in [0.4, 0.5) is 0 Å². The molecule has 1 nitrogen and oxygen atoms in total. The van der Waals surface area contributed by atoms with E-state index < -0.39 is 0 Å². The second-order valence-corrected chi connectivity index (χ2v) is 6.20. The highest BCUT2D eigenvalue weighted by Gasteiger charge is 2.28. The summed E-state index contributed by atoms with van der Waals surface area (Å²) in [4.78, 5) is 0. The molecule has 2 aliphatic rings. The lowest BCUT2D eigenvalue weighted by Gasteiger charge is -2.22. The van der Waals surface area contributed by atoms with Gasteiger partial charge in [0.05, 0.1) is 0 Å². The van der Waals surface area contributed by atoms with E-state index in [1.807, 2.05) is 0 Å². The molecule has 1 N–H and O–H groups in total. The molecular formula is C11H21NS. The van der Waals surface area contributed by atoms with E-state index >= 15 is 0 Å². The van der Waals surface area contributed by atoms with Crippen LogP contribution < -0.4 is 5.32 Å². The highest BCUT2D eigenvalue weighted by molar-refractivity contribution is 8.00. The standard InChI is InChI=1S/C11H21NS/c1-8(7-10-3-4-10)12-11-5-6-13-9(11)2/h8-12H,3-7H2,1-2H3. The highest BCUT2D eigenvalue weighted by atomic mass is 32.2. The molecule has 0 bridgehead atoms. The fraction of sp³-hybridized carbons (Fsp3) is 1.00. The summed E-state index contributed by atoms with van der Waals surface area (Å²) in [6, 6.07) is 1.54. The molecule has 0 radical (unpaired) electrons. The Kier molecular flexibility index (Phi) is 3.20. The molecule has 13 heavy (non-hydrogen) atoms. The molecule has 0 aromatic heterocycles. The monoisotopic (exact) mass is 199 g/mol. The third kappa shape index (κ3) is 2.88. The summed E-state index contributed by atoms with van der Waals surface area (Å²) >= 11 is 2.12. The Morgan fingerprint density at radius 2 is 2.15 bits per heavy atom. The lowest BCUT2D eigenvalue weighted by molar-refractivity contribution is 0.412. The van der Waals surface area contributed by atoms with Crippen molar-refractivity contribution in [3.63, 3.8) is 0 Å². The van der Waals surface area contributed by atoms with Crippen molar-refractivity contribution in [1.29, 1.82) is 0 Å². The van der Waals surface area contributed by atoms with E-state index in [4.69, 9.17) is 0 Å². The van der Waals surface area contributed by atoms with Gasteiger partial charge in [0.1, 0.15) is 0 Å².